The molecule has 1 aromatic carbocycles. The molecule has 0 amide bonds. The highest BCUT2D eigenvalue weighted by molar-refractivity contribution is 7.30. The molecule has 0 heterocycles. The molecule has 0 saturated carbocycles. The highest BCUT2D eigenvalue weighted by atomic mass is 31.1. The Balaban J connectivity index is 0.000000399. The quantitative estimate of drug-likeness (QED) is 0.325. The van der Waals surface area contributed by atoms with E-state index in [1.54, 1.807) is 13.1 Å². The van der Waals surface area contributed by atoms with Gasteiger partial charge in [0.15, 0.2) is 0 Å². The molecule has 19 heavy (non-hydrogen) atoms. The van der Waals surface area contributed by atoms with Crippen LogP contribution >= 0.6 is 8.25 Å². The molecule has 0 saturated heterocycles. The minimum atomic E-state index is -3.13. The fraction of sp³-hybridized carbons (Fsp3) is 0.273. The Morgan fingerprint density at radius 3 is 2.53 bits per heavy atom. The molecule has 0 spiro atoms. The summed E-state index contributed by atoms with van der Waals surface area (Å²) in [4.78, 5) is 25.2. The third-order valence-electron chi connectivity index (χ3n) is 2.84. The molecule has 0 fully saturated rings. The molecule has 7 nitrogen and oxygen atoms in total. The molecule has 1 aliphatic carbocycles. The van der Waals surface area contributed by atoms with Crippen LogP contribution in [0.5, 0.6) is 0 Å². The van der Waals surface area contributed by atoms with Crippen LogP contribution in [0.15, 0.2) is 30.3 Å². The number of hydrogen-bond acceptors (Lipinski definition) is 4. The fourth-order valence-electron chi connectivity index (χ4n) is 1.99. The zero-order chi connectivity index (χ0) is 14.5. The Bertz CT molecular complexity index is 516. The van der Waals surface area contributed by atoms with Gasteiger partial charge >= 0.3 is 13.9 Å². The van der Waals surface area contributed by atoms with Crippen LogP contribution in [0.2, 0.25) is 0 Å². The fourth-order valence-corrected chi connectivity index (χ4v) is 1.99. The Morgan fingerprint density at radius 2 is 2.00 bits per heavy atom. The van der Waals surface area contributed by atoms with Crippen molar-refractivity contribution in [2.24, 2.45) is 0 Å². The van der Waals surface area contributed by atoms with Gasteiger partial charge in [0, 0.05) is 4.92 Å². The van der Waals surface area contributed by atoms with Crippen LogP contribution in [-0.2, 0) is 10.2 Å². The molecule has 0 aliphatic heterocycles. The van der Waals surface area contributed by atoms with Gasteiger partial charge in [-0.1, -0.05) is 30.4 Å². The van der Waals surface area contributed by atoms with Crippen molar-refractivity contribution in [2.75, 3.05) is 7.05 Å². The zero-order valence-electron chi connectivity index (χ0n) is 10.2. The molecule has 1 atom stereocenters. The third-order valence-corrected chi connectivity index (χ3v) is 2.84. The molecule has 1 aromatic rings. The Morgan fingerprint density at radius 1 is 1.42 bits per heavy atom. The van der Waals surface area contributed by atoms with Crippen LogP contribution in [0.4, 0.5) is 0 Å². The third kappa shape index (κ3) is 3.48. The van der Waals surface area contributed by atoms with Crippen molar-refractivity contribution in [3.05, 3.63) is 51.6 Å². The van der Waals surface area contributed by atoms with Gasteiger partial charge in [-0.05, 0) is 18.7 Å². The highest BCUT2D eigenvalue weighted by Gasteiger charge is 2.44. The zero-order valence-corrected chi connectivity index (χ0v) is 11.2. The largest absolute Gasteiger partial charge is 0.326 e. The number of hydrogen-bond donors (Lipinski definition) is 3. The van der Waals surface area contributed by atoms with E-state index in [4.69, 9.17) is 14.4 Å². The smallest absolute Gasteiger partial charge is 0.314 e. The van der Waals surface area contributed by atoms with Gasteiger partial charge in [0.25, 0.3) is 0 Å². The van der Waals surface area contributed by atoms with E-state index in [1.165, 1.54) is 0 Å². The molecule has 8 heteroatoms. The van der Waals surface area contributed by atoms with Crippen molar-refractivity contribution in [3.8, 4) is 0 Å². The van der Waals surface area contributed by atoms with Crippen molar-refractivity contribution >= 4 is 14.3 Å². The first-order valence-corrected chi connectivity index (χ1v) is 6.75. The maximum absolute atomic E-state index is 11.2. The molecule has 1 unspecified atom stereocenters. The normalized spacial score (nSPS) is 20.4. The van der Waals surface area contributed by atoms with E-state index in [0.717, 1.165) is 11.1 Å². The van der Waals surface area contributed by atoms with E-state index in [-0.39, 0.29) is 4.92 Å². The van der Waals surface area contributed by atoms with Gasteiger partial charge in [-0.3, -0.25) is 20.0 Å². The first-order chi connectivity index (χ1) is 8.94. The standard InChI is InChI=1S/C11H12N2O2.H3O3P/c1-12-11(13(14)15)8-4-6-9-5-2-3-7-10(9)11;1-4(2)3/h2-7,12H,8H2,1H3;4H,(H2,1,2,3). The summed E-state index contributed by atoms with van der Waals surface area (Å²) in [5.74, 6) is 0. The maximum Gasteiger partial charge on any atom is 0.314 e. The molecule has 0 aromatic heterocycles. The van der Waals surface area contributed by atoms with Gasteiger partial charge in [-0.15, -0.1) is 0 Å². The van der Waals surface area contributed by atoms with Crippen LogP contribution in [0.1, 0.15) is 17.5 Å². The number of benzene rings is 1. The first-order valence-electron chi connectivity index (χ1n) is 5.45. The highest BCUT2D eigenvalue weighted by Crippen LogP contribution is 2.33. The minimum absolute atomic E-state index is 0.255. The van der Waals surface area contributed by atoms with E-state index in [9.17, 15) is 10.1 Å². The predicted molar refractivity (Wildman–Crippen MR) is 71.3 cm³/mol. The van der Waals surface area contributed by atoms with E-state index < -0.39 is 13.9 Å². The Kier molecular flexibility index (Phi) is 5.38. The number of nitrogens with one attached hydrogen (secondary N) is 1. The van der Waals surface area contributed by atoms with Crippen molar-refractivity contribution in [3.63, 3.8) is 0 Å². The predicted octanol–water partition coefficient (Wildman–Crippen LogP) is 1.11. The van der Waals surface area contributed by atoms with Gasteiger partial charge in [-0.2, -0.15) is 0 Å². The van der Waals surface area contributed by atoms with Crippen molar-refractivity contribution < 1.29 is 19.3 Å². The summed E-state index contributed by atoms with van der Waals surface area (Å²) >= 11 is 0. The summed E-state index contributed by atoms with van der Waals surface area (Å²) in [5, 5.41) is 14.0. The molecule has 0 bridgehead atoms. The topological polar surface area (TPSA) is 113 Å². The summed E-state index contributed by atoms with van der Waals surface area (Å²) in [6.45, 7) is 0. The lowest BCUT2D eigenvalue weighted by molar-refractivity contribution is -0.586. The van der Waals surface area contributed by atoms with Crippen LogP contribution < -0.4 is 5.32 Å². The Hall–Kier alpha value is -1.53. The second kappa shape index (κ2) is 6.58. The maximum atomic E-state index is 11.2. The number of nitro groups is 1. The molecule has 3 N–H and O–H groups in total. The lowest BCUT2D eigenvalue weighted by Crippen LogP contribution is -2.48. The average Bonchev–Trinajstić information content (AvgIpc) is 2.37. The SMILES string of the molecule is CNC1([N+](=O)[O-])CC=Cc2ccccc21.O=[PH](O)O. The molecular weight excluding hydrogens is 271 g/mol. The van der Waals surface area contributed by atoms with E-state index in [1.807, 2.05) is 30.4 Å². The lowest BCUT2D eigenvalue weighted by Gasteiger charge is -2.27. The second-order valence-electron chi connectivity index (χ2n) is 3.84. The summed E-state index contributed by atoms with van der Waals surface area (Å²) in [7, 11) is -1.51. The van der Waals surface area contributed by atoms with Crippen LogP contribution in [-0.4, -0.2) is 21.8 Å². The van der Waals surface area contributed by atoms with E-state index in [0.29, 0.717) is 6.42 Å². The van der Waals surface area contributed by atoms with E-state index in [2.05, 4.69) is 5.32 Å². The average molecular weight is 286 g/mol. The molecular formula is C11H15N2O5P. The van der Waals surface area contributed by atoms with Gasteiger partial charge < -0.3 is 9.79 Å². The van der Waals surface area contributed by atoms with Gasteiger partial charge in [0.2, 0.25) is 0 Å². The summed E-state index contributed by atoms with van der Waals surface area (Å²) in [6, 6.07) is 7.40. The molecule has 0 radical (unpaired) electrons. The Labute approximate surface area is 110 Å². The molecule has 104 valence electrons. The second-order valence-corrected chi connectivity index (χ2v) is 4.41. The summed E-state index contributed by atoms with van der Waals surface area (Å²) < 4.78 is 8.74. The van der Waals surface area contributed by atoms with Crippen molar-refractivity contribution in [2.45, 2.75) is 12.1 Å². The number of rotatable bonds is 2. The van der Waals surface area contributed by atoms with Gasteiger partial charge in [-0.25, -0.2) is 0 Å². The van der Waals surface area contributed by atoms with Gasteiger partial charge in [0.05, 0.1) is 12.0 Å². The minimum Gasteiger partial charge on any atom is -0.326 e. The van der Waals surface area contributed by atoms with Crippen LogP contribution in [0, 0.1) is 10.1 Å². The van der Waals surface area contributed by atoms with Crippen molar-refractivity contribution in [1.82, 2.24) is 5.32 Å². The van der Waals surface area contributed by atoms with Gasteiger partial charge in [0.1, 0.15) is 0 Å². The number of nitrogens with zero attached hydrogens (tertiary/aromatic N) is 1. The lowest BCUT2D eigenvalue weighted by atomic mass is 9.87. The monoisotopic (exact) mass is 286 g/mol. The summed E-state index contributed by atoms with van der Waals surface area (Å²) in [6.07, 6.45) is 4.14. The molecule has 1 aliphatic rings. The first kappa shape index (κ1) is 15.5. The van der Waals surface area contributed by atoms with Crippen molar-refractivity contribution in [1.29, 1.82) is 0 Å². The van der Waals surface area contributed by atoms with E-state index >= 15 is 0 Å². The molecule has 2 rings (SSSR count). The van der Waals surface area contributed by atoms with Crippen LogP contribution in [0.3, 0.4) is 0 Å². The number of fused-ring (bicyclic) bond motifs is 1. The van der Waals surface area contributed by atoms with Crippen LogP contribution in [0.25, 0.3) is 6.08 Å². The summed E-state index contributed by atoms with van der Waals surface area (Å²) in [5.41, 5.74) is 0.487.